The molecule has 5 rings (SSSR count). The number of hydrogen-bond donors (Lipinski definition) is 0. The standard InChI is InChI=1S/C22H15.Hf.3HI/c1-2-8-16-14-17(13-15(16)7-1)22-20-11-5-3-9-18(20)19-10-4-6-12-21(19)22;;;;/h1-14,22H;;3*1H/q-1;+4;;;/p-3. The summed E-state index contributed by atoms with van der Waals surface area (Å²) in [4.78, 5) is 0. The monoisotopic (exact) mass is 840 g/mol. The third kappa shape index (κ3) is 4.03. The number of halogens is 3. The van der Waals surface area contributed by atoms with Crippen LogP contribution in [0.2, 0.25) is 0 Å². The number of fused-ring (bicyclic) bond motifs is 4. The van der Waals surface area contributed by atoms with Crippen molar-refractivity contribution in [3.8, 4) is 11.1 Å². The summed E-state index contributed by atoms with van der Waals surface area (Å²) in [7, 11) is 0. The summed E-state index contributed by atoms with van der Waals surface area (Å²) in [6.07, 6.45) is 0. The Kier molecular flexibility index (Phi) is 9.57. The normalized spacial score (nSPS) is 11.2. The summed E-state index contributed by atoms with van der Waals surface area (Å²) in [6.45, 7) is 0. The molecule has 1 aliphatic rings. The van der Waals surface area contributed by atoms with Gasteiger partial charge < -0.3 is 71.9 Å². The molecule has 4 aromatic carbocycles. The molecule has 0 radical (unpaired) electrons. The maximum Gasteiger partial charge on any atom is 4.00 e. The molecule has 128 valence electrons. The fraction of sp³-hybridized carbons (Fsp3) is 0.0455. The van der Waals surface area contributed by atoms with Crippen LogP contribution in [0.3, 0.4) is 0 Å². The van der Waals surface area contributed by atoms with Gasteiger partial charge in [-0.15, -0.1) is 40.6 Å². The van der Waals surface area contributed by atoms with Gasteiger partial charge in [0.1, 0.15) is 0 Å². The molecular weight excluding hydrogens is 823 g/mol. The molecule has 0 fully saturated rings. The third-order valence-corrected chi connectivity index (χ3v) is 4.81. The van der Waals surface area contributed by atoms with E-state index >= 15 is 0 Å². The second-order valence-corrected chi connectivity index (χ2v) is 6.03. The predicted octanol–water partition coefficient (Wildman–Crippen LogP) is -3.27. The van der Waals surface area contributed by atoms with Gasteiger partial charge in [0, 0.05) is 5.92 Å². The molecule has 0 amide bonds. The fourth-order valence-electron chi connectivity index (χ4n) is 3.86. The SMILES string of the molecule is [Hf+4].[I-].[I-].[I-].c1ccc2c(c1)-c1ccccc1C2c1cc2ccccc2[cH-]1. The van der Waals surface area contributed by atoms with Gasteiger partial charge in [0.25, 0.3) is 0 Å². The Morgan fingerprint density at radius 2 is 1.12 bits per heavy atom. The van der Waals surface area contributed by atoms with Crippen molar-refractivity contribution in [1.29, 1.82) is 0 Å². The Balaban J connectivity index is 0.000000845. The first kappa shape index (κ1) is 24.4. The maximum absolute atomic E-state index is 2.35. The van der Waals surface area contributed by atoms with Crippen LogP contribution in [0.1, 0.15) is 22.6 Å². The van der Waals surface area contributed by atoms with Crippen molar-refractivity contribution in [2.24, 2.45) is 0 Å². The summed E-state index contributed by atoms with van der Waals surface area (Å²) in [5.74, 6) is 0.361. The van der Waals surface area contributed by atoms with Gasteiger partial charge in [-0.2, -0.15) is 6.07 Å². The molecule has 4 heteroatoms. The van der Waals surface area contributed by atoms with E-state index < -0.39 is 0 Å². The zero-order chi connectivity index (χ0) is 14.5. The van der Waals surface area contributed by atoms with Crippen molar-refractivity contribution < 1.29 is 97.8 Å². The molecule has 0 saturated heterocycles. The molecular formula is C22H15HfI3. The van der Waals surface area contributed by atoms with Crippen LogP contribution >= 0.6 is 0 Å². The predicted molar refractivity (Wildman–Crippen MR) is 92.4 cm³/mol. The van der Waals surface area contributed by atoms with E-state index in [1.54, 1.807) is 0 Å². The van der Waals surface area contributed by atoms with Crippen LogP contribution in [-0.2, 0) is 25.8 Å². The van der Waals surface area contributed by atoms with Crippen molar-refractivity contribution in [2.45, 2.75) is 5.92 Å². The minimum atomic E-state index is 0. The van der Waals surface area contributed by atoms with E-state index in [0.717, 1.165) is 0 Å². The van der Waals surface area contributed by atoms with E-state index in [4.69, 9.17) is 0 Å². The first-order valence-electron chi connectivity index (χ1n) is 7.75. The summed E-state index contributed by atoms with van der Waals surface area (Å²) in [5.41, 5.74) is 7.03. The van der Waals surface area contributed by atoms with E-state index in [0.29, 0.717) is 5.92 Å². The Bertz CT molecular complexity index is 928. The Hall–Kier alpha value is 0.330. The molecule has 1 aliphatic carbocycles. The molecule has 0 N–H and O–H groups in total. The second-order valence-electron chi connectivity index (χ2n) is 6.03. The zero-order valence-electron chi connectivity index (χ0n) is 13.8. The van der Waals surface area contributed by atoms with E-state index in [2.05, 4.69) is 84.9 Å². The molecule has 0 spiro atoms. The van der Waals surface area contributed by atoms with Crippen molar-refractivity contribution >= 4 is 10.8 Å². The summed E-state index contributed by atoms with van der Waals surface area (Å²) in [5, 5.41) is 2.67. The quantitative estimate of drug-likeness (QED) is 0.0947. The van der Waals surface area contributed by atoms with Crippen LogP contribution in [0.4, 0.5) is 0 Å². The Morgan fingerprint density at radius 1 is 0.615 bits per heavy atom. The minimum absolute atomic E-state index is 0. The minimum Gasteiger partial charge on any atom is -1.00 e. The van der Waals surface area contributed by atoms with E-state index in [9.17, 15) is 0 Å². The molecule has 0 atom stereocenters. The average molecular weight is 839 g/mol. The van der Waals surface area contributed by atoms with Gasteiger partial charge in [0.05, 0.1) is 0 Å². The fourth-order valence-corrected chi connectivity index (χ4v) is 3.86. The van der Waals surface area contributed by atoms with Gasteiger partial charge in [-0.1, -0.05) is 54.6 Å². The van der Waals surface area contributed by atoms with Crippen LogP contribution in [0.5, 0.6) is 0 Å². The van der Waals surface area contributed by atoms with Gasteiger partial charge in [-0.3, -0.25) is 0 Å². The summed E-state index contributed by atoms with van der Waals surface area (Å²) < 4.78 is 0. The first-order valence-corrected chi connectivity index (χ1v) is 7.75. The van der Waals surface area contributed by atoms with Crippen molar-refractivity contribution in [2.75, 3.05) is 0 Å². The molecule has 0 aliphatic heterocycles. The van der Waals surface area contributed by atoms with Gasteiger partial charge in [0.15, 0.2) is 0 Å². The van der Waals surface area contributed by atoms with Gasteiger partial charge in [0.2, 0.25) is 0 Å². The Labute approximate surface area is 224 Å². The molecule has 0 saturated carbocycles. The van der Waals surface area contributed by atoms with Crippen LogP contribution in [-0.4, -0.2) is 0 Å². The third-order valence-electron chi connectivity index (χ3n) is 4.81. The molecule has 4 aromatic rings. The average Bonchev–Trinajstić information content (AvgIpc) is 3.13. The molecule has 0 bridgehead atoms. The smallest absolute Gasteiger partial charge is 1.00 e. The largest absolute Gasteiger partial charge is 4.00 e. The number of rotatable bonds is 1. The van der Waals surface area contributed by atoms with Crippen LogP contribution in [0.15, 0.2) is 84.9 Å². The molecule has 26 heavy (non-hydrogen) atoms. The van der Waals surface area contributed by atoms with Crippen molar-refractivity contribution in [1.82, 2.24) is 0 Å². The first-order chi connectivity index (χ1) is 10.9. The molecule has 0 unspecified atom stereocenters. The zero-order valence-corrected chi connectivity index (χ0v) is 23.9. The molecule has 0 heterocycles. The van der Waals surface area contributed by atoms with Crippen molar-refractivity contribution in [3.63, 3.8) is 0 Å². The summed E-state index contributed by atoms with van der Waals surface area (Å²) in [6, 6.07) is 30.9. The van der Waals surface area contributed by atoms with Gasteiger partial charge in [-0.05, 0) is 22.3 Å². The van der Waals surface area contributed by atoms with Gasteiger partial charge in [-0.25, -0.2) is 0 Å². The van der Waals surface area contributed by atoms with Gasteiger partial charge >= 0.3 is 25.8 Å². The maximum atomic E-state index is 2.35. The van der Waals surface area contributed by atoms with Crippen molar-refractivity contribution in [3.05, 3.63) is 102 Å². The summed E-state index contributed by atoms with van der Waals surface area (Å²) >= 11 is 0. The van der Waals surface area contributed by atoms with E-state index in [1.165, 1.54) is 38.6 Å². The van der Waals surface area contributed by atoms with Crippen LogP contribution in [0.25, 0.3) is 21.9 Å². The van der Waals surface area contributed by atoms with Crippen LogP contribution in [0, 0.1) is 0 Å². The topological polar surface area (TPSA) is 0 Å². The second kappa shape index (κ2) is 10.2. The molecule has 0 aromatic heterocycles. The molecule has 0 nitrogen and oxygen atoms in total. The Morgan fingerprint density at radius 3 is 1.69 bits per heavy atom. The van der Waals surface area contributed by atoms with E-state index in [-0.39, 0.29) is 97.8 Å². The number of hydrogen-bond acceptors (Lipinski definition) is 0. The van der Waals surface area contributed by atoms with E-state index in [1.807, 2.05) is 0 Å². The van der Waals surface area contributed by atoms with Crippen LogP contribution < -0.4 is 71.9 Å². The number of benzene rings is 3.